The zero-order valence-corrected chi connectivity index (χ0v) is 56.3. The van der Waals surface area contributed by atoms with Crippen LogP contribution in [0.25, 0.3) is 0 Å². The van der Waals surface area contributed by atoms with Crippen LogP contribution < -0.4 is 145 Å². The van der Waals surface area contributed by atoms with E-state index in [0.717, 1.165) is 0 Å². The molecule has 0 fully saturated rings. The number of carbonyl (C=O) groups is 10. The third kappa shape index (κ3) is 43.8. The van der Waals surface area contributed by atoms with Crippen LogP contribution in [0.3, 0.4) is 0 Å². The molecule has 0 saturated carbocycles. The highest BCUT2D eigenvalue weighted by molar-refractivity contribution is 7.80. The molecule has 9 amide bonds. The number of carboxylic acid groups (broad SMARTS) is 1. The lowest BCUT2D eigenvalue weighted by Crippen LogP contribution is -2.60. The summed E-state index contributed by atoms with van der Waals surface area (Å²) in [6.07, 6.45) is -0.464. The molecule has 0 aliphatic rings. The van der Waals surface area contributed by atoms with Crippen LogP contribution >= 0.6 is 12.6 Å². The molecule has 0 spiro atoms. The normalized spacial score (nSPS) is 13.3. The number of aliphatic imine (C=N–C) groups is 8. The van der Waals surface area contributed by atoms with Gasteiger partial charge in [0.2, 0.25) is 53.2 Å². The quantitative estimate of drug-likeness (QED) is 0.0116. The number of nitrogens with one attached hydrogen (secondary N) is 9. The summed E-state index contributed by atoms with van der Waals surface area (Å²) in [6, 6.07) is -13.0. The largest absolute Gasteiger partial charge is 0.480 e. The number of thiol groups is 1. The van der Waals surface area contributed by atoms with Crippen LogP contribution in [-0.4, -0.2) is 231 Å². The molecule has 46 heteroatoms. The Morgan fingerprint density at radius 1 is 0.283 bits per heavy atom. The third-order valence-corrected chi connectivity index (χ3v) is 14.0. The fraction of sp³-hybridized carbons (Fsp3) is 0.660. The average molecular weight is 1430 g/mol. The minimum atomic E-state index is -1.57. The van der Waals surface area contributed by atoms with Crippen LogP contribution in [-0.2, 0) is 47.9 Å². The van der Waals surface area contributed by atoms with Crippen LogP contribution in [0.15, 0.2) is 39.9 Å². The van der Waals surface area contributed by atoms with E-state index in [-0.39, 0.29) is 202 Å². The molecule has 560 valence electrons. The summed E-state index contributed by atoms with van der Waals surface area (Å²) in [5.74, 6) is -12.1. The molecule has 0 aromatic rings. The van der Waals surface area contributed by atoms with Crippen molar-refractivity contribution < 1.29 is 53.1 Å². The summed E-state index contributed by atoms with van der Waals surface area (Å²) in [7, 11) is 0. The number of nitrogens with two attached hydrogens (primary N) is 17. The van der Waals surface area contributed by atoms with Crippen molar-refractivity contribution in [3.05, 3.63) is 0 Å². The predicted octanol–water partition coefficient (Wildman–Crippen LogP) is -13.2. The standard InChI is InChI=1S/C53H106N34O11S/c54-27(9-1-17-71-46(55)56)37(89)81-29(11-3-19-73-48(59)60)39(91)83-31(13-5-21-75-50(63)64)41(93)85-33(15-7-23-77-52(67)68)43(95)87-34(16-8-24-78-53(69)70)44(96)86-32(14-6-22-76-51(65)66)42(94)84-30(12-4-20-74-49(61)62)40(92)82-28(10-2-18-72-47(57)58)38(90)79-25-36(88)80-35(26-99)45(97)98/h27-35,99H,1-26,54H2,(H,79,90)(H,80,88)(H,81,89)(H,82,92)(H,83,91)(H,84,94)(H,85,93)(H,86,96)(H,87,95)(H,97,98)(H4,55,56,71)(H4,57,58,72)(H4,59,60,73)(H4,61,62,74)(H4,63,64,75)(H4,65,66,76)(H4,67,68,77)(H4,69,70,78)/t27-,28-,29-,30-,31-,32-,33-,34-,35-/m0/s1. The van der Waals surface area contributed by atoms with Crippen LogP contribution in [0.5, 0.6) is 0 Å². The van der Waals surface area contributed by atoms with Gasteiger partial charge in [-0.2, -0.15) is 12.6 Å². The first kappa shape index (κ1) is 88.2. The van der Waals surface area contributed by atoms with Gasteiger partial charge in [0.25, 0.3) is 0 Å². The zero-order chi connectivity index (χ0) is 75.0. The summed E-state index contributed by atoms with van der Waals surface area (Å²) in [4.78, 5) is 170. The fourth-order valence-electron chi connectivity index (χ4n) is 8.69. The molecule has 0 aliphatic heterocycles. The maximum absolute atomic E-state index is 14.8. The second-order valence-corrected chi connectivity index (χ2v) is 22.3. The van der Waals surface area contributed by atoms with Crippen molar-refractivity contribution in [3.63, 3.8) is 0 Å². The van der Waals surface area contributed by atoms with E-state index in [0.29, 0.717) is 6.42 Å². The van der Waals surface area contributed by atoms with Crippen LogP contribution in [0.4, 0.5) is 0 Å². The molecule has 0 heterocycles. The van der Waals surface area contributed by atoms with Crippen molar-refractivity contribution in [2.75, 3.05) is 64.7 Å². The van der Waals surface area contributed by atoms with E-state index in [4.69, 9.17) is 97.5 Å². The highest BCUT2D eigenvalue weighted by Gasteiger charge is 2.35. The Kier molecular flexibility index (Phi) is 45.0. The Morgan fingerprint density at radius 3 is 0.667 bits per heavy atom. The lowest BCUT2D eigenvalue weighted by atomic mass is 10.0. The van der Waals surface area contributed by atoms with Crippen LogP contribution in [0.2, 0.25) is 0 Å². The molecule has 0 aliphatic carbocycles. The van der Waals surface area contributed by atoms with E-state index in [2.05, 4.69) is 100 Å². The smallest absolute Gasteiger partial charge is 0.327 e. The first-order chi connectivity index (χ1) is 46.7. The van der Waals surface area contributed by atoms with Gasteiger partial charge in [-0.05, 0) is 103 Å². The fourth-order valence-corrected chi connectivity index (χ4v) is 8.94. The first-order valence-electron chi connectivity index (χ1n) is 31.4. The number of hydrogen-bond donors (Lipinski definition) is 28. The van der Waals surface area contributed by atoms with E-state index in [1.165, 1.54) is 0 Å². The first-order valence-corrected chi connectivity index (χ1v) is 32.0. The Labute approximate surface area is 577 Å². The topological polar surface area (TPSA) is 840 Å². The van der Waals surface area contributed by atoms with E-state index in [1.54, 1.807) is 0 Å². The number of guanidine groups is 8. The highest BCUT2D eigenvalue weighted by atomic mass is 32.1. The number of amides is 9. The Bertz CT molecular complexity index is 2830. The monoisotopic (exact) mass is 1430 g/mol. The van der Waals surface area contributed by atoms with E-state index >= 15 is 0 Å². The number of rotatable bonds is 52. The second-order valence-electron chi connectivity index (χ2n) is 22.0. The lowest BCUT2D eigenvalue weighted by molar-refractivity contribution is -0.141. The Hall–Kier alpha value is -10.8. The molecule has 0 rings (SSSR count). The summed E-state index contributed by atoms with van der Waals surface area (Å²) < 4.78 is 0. The molecule has 0 aromatic carbocycles. The minimum absolute atomic E-state index is 0.0114. The molecular formula is C53H106N34O11S. The molecule has 45 nitrogen and oxygen atoms in total. The van der Waals surface area contributed by atoms with Crippen molar-refractivity contribution in [2.24, 2.45) is 137 Å². The van der Waals surface area contributed by atoms with Crippen molar-refractivity contribution in [3.8, 4) is 0 Å². The number of aliphatic carboxylic acids is 1. The van der Waals surface area contributed by atoms with Gasteiger partial charge in [0, 0.05) is 58.1 Å². The third-order valence-electron chi connectivity index (χ3n) is 13.6. The SMILES string of the molecule is NC(N)=NCCC[C@H](NC(=O)[C@H](CCCN=C(N)N)NC(=O)[C@H](CCCN=C(N)N)NC(=O)[C@H](CCCN=C(N)N)NC(=O)[C@H](CCCN=C(N)N)NC(=O)[C@H](CCCN=C(N)N)NC(=O)[C@H](CCCN=C(N)N)NC(=O)[C@@H](N)CCCN=C(N)N)C(=O)NCC(=O)N[C@@H](CS)C(=O)O. The molecule has 9 atom stereocenters. The number of carbonyl (C=O) groups excluding carboxylic acids is 9. The molecule has 0 radical (unpaired) electrons. The molecule has 99 heavy (non-hydrogen) atoms. The molecule has 44 N–H and O–H groups in total. The van der Waals surface area contributed by atoms with E-state index in [9.17, 15) is 53.1 Å². The van der Waals surface area contributed by atoms with Crippen LogP contribution in [0, 0.1) is 0 Å². The van der Waals surface area contributed by atoms with Gasteiger partial charge < -0.3 is 150 Å². The van der Waals surface area contributed by atoms with Gasteiger partial charge >= 0.3 is 5.97 Å². The van der Waals surface area contributed by atoms with Gasteiger partial charge in [-0.1, -0.05) is 0 Å². The van der Waals surface area contributed by atoms with Crippen molar-refractivity contribution in [2.45, 2.75) is 157 Å². The van der Waals surface area contributed by atoms with E-state index in [1.807, 2.05) is 0 Å². The lowest BCUT2D eigenvalue weighted by Gasteiger charge is -2.28. The molecule has 0 saturated heterocycles. The summed E-state index contributed by atoms with van der Waals surface area (Å²) >= 11 is 3.92. The van der Waals surface area contributed by atoms with Crippen molar-refractivity contribution in [1.29, 1.82) is 0 Å². The van der Waals surface area contributed by atoms with Gasteiger partial charge in [-0.15, -0.1) is 0 Å². The minimum Gasteiger partial charge on any atom is -0.480 e. The molecular weight excluding hydrogens is 1320 g/mol. The van der Waals surface area contributed by atoms with Gasteiger partial charge in [0.15, 0.2) is 47.7 Å². The molecule has 0 unspecified atom stereocenters. The molecule has 0 aromatic heterocycles. The summed E-state index contributed by atoms with van der Waals surface area (Å²) in [6.45, 7) is -0.870. The number of hydrogen-bond acceptors (Lipinski definition) is 20. The van der Waals surface area contributed by atoms with Crippen molar-refractivity contribution in [1.82, 2.24) is 47.9 Å². The summed E-state index contributed by atoms with van der Waals surface area (Å²) in [5, 5.41) is 32.2. The number of carboxylic acids is 1. The van der Waals surface area contributed by atoms with Gasteiger partial charge in [-0.25, -0.2) is 4.79 Å². The zero-order valence-electron chi connectivity index (χ0n) is 55.5. The average Bonchev–Trinajstić information content (AvgIpc) is 0.879. The molecule has 0 bridgehead atoms. The Morgan fingerprint density at radius 2 is 0.475 bits per heavy atom. The Balaban J connectivity index is 7.69. The van der Waals surface area contributed by atoms with Crippen molar-refractivity contribution >= 4 is 119 Å². The van der Waals surface area contributed by atoms with Gasteiger partial charge in [-0.3, -0.25) is 83.1 Å². The maximum Gasteiger partial charge on any atom is 0.327 e. The van der Waals surface area contributed by atoms with Gasteiger partial charge in [0.1, 0.15) is 48.3 Å². The second kappa shape index (κ2) is 50.5. The van der Waals surface area contributed by atoms with Crippen LogP contribution in [0.1, 0.15) is 103 Å². The summed E-state index contributed by atoms with van der Waals surface area (Å²) in [5.41, 5.74) is 94.7. The number of nitrogens with zero attached hydrogens (tertiary/aromatic N) is 8. The predicted molar refractivity (Wildman–Crippen MR) is 377 cm³/mol. The highest BCUT2D eigenvalue weighted by Crippen LogP contribution is 2.12. The van der Waals surface area contributed by atoms with Gasteiger partial charge in [0.05, 0.1) is 12.6 Å². The maximum atomic E-state index is 14.8. The van der Waals surface area contributed by atoms with E-state index < -0.39 is 120 Å².